The Bertz CT molecular complexity index is 1220. The van der Waals surface area contributed by atoms with Gasteiger partial charge in [0.2, 0.25) is 0 Å². The van der Waals surface area contributed by atoms with Gasteiger partial charge in [-0.05, 0) is 36.8 Å². The minimum absolute atomic E-state index is 0.0191. The summed E-state index contributed by atoms with van der Waals surface area (Å²) in [5.74, 6) is 0.491. The highest BCUT2D eigenvalue weighted by atomic mass is 16.6. The van der Waals surface area contributed by atoms with Crippen molar-refractivity contribution in [2.75, 3.05) is 7.11 Å². The van der Waals surface area contributed by atoms with Crippen molar-refractivity contribution < 1.29 is 9.66 Å². The van der Waals surface area contributed by atoms with Gasteiger partial charge in [-0.1, -0.05) is 24.3 Å². The molecule has 1 heterocycles. The van der Waals surface area contributed by atoms with E-state index in [2.05, 4.69) is 40.7 Å². The minimum Gasteiger partial charge on any atom is -0.494 e. The van der Waals surface area contributed by atoms with Gasteiger partial charge in [-0.3, -0.25) is 15.1 Å². The van der Waals surface area contributed by atoms with Gasteiger partial charge in [0.15, 0.2) is 0 Å². The molecule has 4 aromatic rings. The van der Waals surface area contributed by atoms with E-state index >= 15 is 0 Å². The molecule has 0 aliphatic carbocycles. The van der Waals surface area contributed by atoms with Crippen LogP contribution in [-0.2, 0) is 6.54 Å². The maximum absolute atomic E-state index is 11.0. The number of ether oxygens (including phenoxy) is 1. The number of nitrogens with zero attached hydrogens (tertiary/aromatic N) is 3. The highest BCUT2D eigenvalue weighted by Crippen LogP contribution is 2.32. The average molecular weight is 373 g/mol. The molecule has 6 nitrogen and oxygen atoms in total. The lowest BCUT2D eigenvalue weighted by atomic mass is 10.1. The highest BCUT2D eigenvalue weighted by Gasteiger charge is 2.11. The van der Waals surface area contributed by atoms with Crippen molar-refractivity contribution in [3.8, 4) is 5.75 Å². The molecule has 0 bridgehead atoms. The van der Waals surface area contributed by atoms with E-state index in [1.165, 1.54) is 35.7 Å². The van der Waals surface area contributed by atoms with Crippen LogP contribution >= 0.6 is 0 Å². The molecule has 0 aliphatic rings. The molecule has 4 rings (SSSR count). The minimum atomic E-state index is -0.440. The monoisotopic (exact) mass is 373 g/mol. The van der Waals surface area contributed by atoms with Crippen molar-refractivity contribution in [3.63, 3.8) is 0 Å². The Morgan fingerprint density at radius 1 is 1.07 bits per heavy atom. The number of hydrogen-bond donors (Lipinski definition) is 0. The van der Waals surface area contributed by atoms with E-state index < -0.39 is 4.92 Å². The molecule has 0 aliphatic heterocycles. The Labute approximate surface area is 161 Å². The lowest BCUT2D eigenvalue weighted by molar-refractivity contribution is -0.384. The first-order valence-corrected chi connectivity index (χ1v) is 9.00. The van der Waals surface area contributed by atoms with Crippen molar-refractivity contribution >= 4 is 39.4 Å². The fraction of sp³-hybridized carbons (Fsp3) is 0.136. The molecule has 0 radical (unpaired) electrons. The SMILES string of the molecule is CCn1c2ccccc2c2cc(C=Nc3cc([N+](=O)[O-])ccc3OC)ccc21. The molecule has 0 amide bonds. The van der Waals surface area contributed by atoms with Gasteiger partial charge in [-0.25, -0.2) is 0 Å². The number of fused-ring (bicyclic) bond motifs is 3. The molecule has 0 atom stereocenters. The summed E-state index contributed by atoms with van der Waals surface area (Å²) in [7, 11) is 1.52. The summed E-state index contributed by atoms with van der Waals surface area (Å²) in [5.41, 5.74) is 3.70. The quantitative estimate of drug-likeness (QED) is 0.264. The van der Waals surface area contributed by atoms with Crippen LogP contribution in [0.15, 0.2) is 65.7 Å². The Morgan fingerprint density at radius 2 is 1.86 bits per heavy atom. The molecule has 0 saturated carbocycles. The first-order chi connectivity index (χ1) is 13.6. The third kappa shape index (κ3) is 2.99. The van der Waals surface area contributed by atoms with Gasteiger partial charge >= 0.3 is 0 Å². The van der Waals surface area contributed by atoms with Crippen LogP contribution in [0.25, 0.3) is 21.8 Å². The summed E-state index contributed by atoms with van der Waals surface area (Å²) < 4.78 is 7.56. The molecule has 0 fully saturated rings. The number of hydrogen-bond acceptors (Lipinski definition) is 4. The zero-order chi connectivity index (χ0) is 19.7. The second-order valence-corrected chi connectivity index (χ2v) is 6.41. The van der Waals surface area contributed by atoms with Crippen molar-refractivity contribution in [3.05, 3.63) is 76.3 Å². The number of nitro benzene ring substituents is 1. The van der Waals surface area contributed by atoms with E-state index in [4.69, 9.17) is 4.74 Å². The topological polar surface area (TPSA) is 69.7 Å². The van der Waals surface area contributed by atoms with E-state index in [1.807, 2.05) is 18.2 Å². The van der Waals surface area contributed by atoms with Crippen LogP contribution in [0, 0.1) is 10.1 Å². The summed E-state index contributed by atoms with van der Waals surface area (Å²) in [6, 6.07) is 18.9. The first kappa shape index (κ1) is 17.7. The third-order valence-corrected chi connectivity index (χ3v) is 4.84. The molecular formula is C22H19N3O3. The number of para-hydroxylation sites is 1. The molecule has 0 unspecified atom stereocenters. The Hall–Kier alpha value is -3.67. The van der Waals surface area contributed by atoms with E-state index in [0.717, 1.165) is 17.5 Å². The van der Waals surface area contributed by atoms with Gasteiger partial charge in [0, 0.05) is 46.7 Å². The van der Waals surface area contributed by atoms with Crippen molar-refractivity contribution in [1.82, 2.24) is 4.57 Å². The normalized spacial score (nSPS) is 11.5. The number of rotatable bonds is 5. The third-order valence-electron chi connectivity index (χ3n) is 4.84. The Balaban J connectivity index is 1.80. The van der Waals surface area contributed by atoms with Crippen molar-refractivity contribution in [1.29, 1.82) is 0 Å². The number of non-ortho nitro benzene ring substituents is 1. The van der Waals surface area contributed by atoms with Crippen molar-refractivity contribution in [2.24, 2.45) is 4.99 Å². The maximum Gasteiger partial charge on any atom is 0.271 e. The van der Waals surface area contributed by atoms with Crippen LogP contribution in [0.1, 0.15) is 12.5 Å². The fourth-order valence-electron chi connectivity index (χ4n) is 3.53. The molecule has 0 saturated heterocycles. The molecule has 140 valence electrons. The maximum atomic E-state index is 11.0. The summed E-state index contributed by atoms with van der Waals surface area (Å²) >= 11 is 0. The zero-order valence-electron chi connectivity index (χ0n) is 15.6. The Morgan fingerprint density at radius 3 is 2.61 bits per heavy atom. The summed E-state index contributed by atoms with van der Waals surface area (Å²) in [6.45, 7) is 3.03. The van der Waals surface area contributed by atoms with Gasteiger partial charge in [-0.2, -0.15) is 0 Å². The molecule has 1 aromatic heterocycles. The number of aryl methyl sites for hydroxylation is 1. The van der Waals surface area contributed by atoms with Gasteiger partial charge in [0.05, 0.1) is 12.0 Å². The zero-order valence-corrected chi connectivity index (χ0v) is 15.6. The predicted molar refractivity (Wildman–Crippen MR) is 112 cm³/mol. The summed E-state index contributed by atoms with van der Waals surface area (Å²) in [4.78, 5) is 15.0. The first-order valence-electron chi connectivity index (χ1n) is 9.00. The lowest BCUT2D eigenvalue weighted by Gasteiger charge is -2.04. The molecule has 0 spiro atoms. The molecule has 0 N–H and O–H groups in total. The summed E-state index contributed by atoms with van der Waals surface area (Å²) in [6.07, 6.45) is 1.71. The van der Waals surface area contributed by atoms with E-state index in [-0.39, 0.29) is 5.69 Å². The number of aliphatic imine (C=N–C) groups is 1. The van der Waals surface area contributed by atoms with Crippen LogP contribution in [0.5, 0.6) is 5.75 Å². The van der Waals surface area contributed by atoms with Crippen LogP contribution in [0.4, 0.5) is 11.4 Å². The molecule has 3 aromatic carbocycles. The second kappa shape index (κ2) is 7.15. The largest absolute Gasteiger partial charge is 0.494 e. The van der Waals surface area contributed by atoms with Gasteiger partial charge in [-0.15, -0.1) is 0 Å². The fourth-order valence-corrected chi connectivity index (χ4v) is 3.53. The van der Waals surface area contributed by atoms with Crippen LogP contribution in [0.3, 0.4) is 0 Å². The summed E-state index contributed by atoms with van der Waals surface area (Å²) in [5, 5.41) is 13.4. The molecule has 28 heavy (non-hydrogen) atoms. The predicted octanol–water partition coefficient (Wildman–Crippen LogP) is 5.48. The number of aromatic nitrogens is 1. The van der Waals surface area contributed by atoms with Crippen molar-refractivity contribution in [2.45, 2.75) is 13.5 Å². The molecule has 6 heteroatoms. The van der Waals surface area contributed by atoms with Crippen LogP contribution in [0.2, 0.25) is 0 Å². The van der Waals surface area contributed by atoms with E-state index in [1.54, 1.807) is 12.3 Å². The van der Waals surface area contributed by atoms with Gasteiger partial charge < -0.3 is 9.30 Å². The average Bonchev–Trinajstić information content (AvgIpc) is 3.05. The number of benzene rings is 3. The lowest BCUT2D eigenvalue weighted by Crippen LogP contribution is -1.92. The standard InChI is InChI=1S/C22H19N3O3/c1-3-24-20-7-5-4-6-17(20)18-12-15(8-10-21(18)24)14-23-19-13-16(25(26)27)9-11-22(19)28-2/h4-14H,3H2,1-2H3. The highest BCUT2D eigenvalue weighted by molar-refractivity contribution is 6.09. The van der Waals surface area contributed by atoms with Crippen LogP contribution < -0.4 is 4.74 Å². The number of nitro groups is 1. The van der Waals surface area contributed by atoms with Crippen LogP contribution in [-0.4, -0.2) is 22.8 Å². The number of methoxy groups -OCH3 is 1. The second-order valence-electron chi connectivity index (χ2n) is 6.41. The smallest absolute Gasteiger partial charge is 0.271 e. The van der Waals surface area contributed by atoms with E-state index in [0.29, 0.717) is 11.4 Å². The molecular weight excluding hydrogens is 354 g/mol. The van der Waals surface area contributed by atoms with E-state index in [9.17, 15) is 10.1 Å². The Kier molecular flexibility index (Phi) is 4.53. The van der Waals surface area contributed by atoms with Gasteiger partial charge in [0.1, 0.15) is 11.4 Å². The van der Waals surface area contributed by atoms with Gasteiger partial charge in [0.25, 0.3) is 5.69 Å².